The number of alkyl carbamates (subject to hydrolysis) is 1. The monoisotopic (exact) mass is 906 g/mol. The number of carbonyl (C=O) groups excluding carboxylic acids is 1. The van der Waals surface area contributed by atoms with Crippen molar-refractivity contribution in [2.24, 2.45) is 11.8 Å². The molecule has 3 saturated heterocycles. The number of fused-ring (bicyclic) bond motifs is 4. The fraction of sp³-hybridized carbons (Fsp3) is 0.807. The Hall–Kier alpha value is -2.12. The number of amides is 1. The number of hydrogen-bond donors (Lipinski definition) is 2. The highest BCUT2D eigenvalue weighted by Gasteiger charge is 2.49. The van der Waals surface area contributed by atoms with Gasteiger partial charge in [-0.2, -0.15) is 0 Å². The Bertz CT molecular complexity index is 1390. The van der Waals surface area contributed by atoms with Gasteiger partial charge in [0.1, 0.15) is 11.9 Å². The third-order valence-corrected chi connectivity index (χ3v) is 16.2. The van der Waals surface area contributed by atoms with Crippen LogP contribution in [-0.4, -0.2) is 61.0 Å². The number of methoxy groups -OCH3 is 1. The van der Waals surface area contributed by atoms with Gasteiger partial charge in [-0.3, -0.25) is 4.90 Å². The SMILES string of the molecule is C=C[C@H]1CN2C(SCCCCCCCCCCCCCCCCCC)CC1C[C@H]2[C@H](OC(=O)NCCCCCCCCCCCCCCCCCC)C1=CCNc2ccc(OC)cc21. The van der Waals surface area contributed by atoms with Gasteiger partial charge in [0.25, 0.3) is 0 Å². The summed E-state index contributed by atoms with van der Waals surface area (Å²) in [5.74, 6) is 3.07. The maximum absolute atomic E-state index is 13.7. The number of piperidine rings is 3. The van der Waals surface area contributed by atoms with Gasteiger partial charge in [0, 0.05) is 36.5 Å². The molecule has 0 aromatic heterocycles. The highest BCUT2D eigenvalue weighted by molar-refractivity contribution is 7.99. The minimum atomic E-state index is -0.356. The van der Waals surface area contributed by atoms with Crippen LogP contribution in [0.25, 0.3) is 5.57 Å². The highest BCUT2D eigenvalue weighted by atomic mass is 32.2. The summed E-state index contributed by atoms with van der Waals surface area (Å²) in [7, 11) is 1.73. The lowest BCUT2D eigenvalue weighted by atomic mass is 9.72. The van der Waals surface area contributed by atoms with Crippen molar-refractivity contribution in [3.8, 4) is 5.75 Å². The Morgan fingerprint density at radius 3 is 1.72 bits per heavy atom. The van der Waals surface area contributed by atoms with Gasteiger partial charge < -0.3 is 20.1 Å². The maximum atomic E-state index is 13.7. The van der Waals surface area contributed by atoms with Crippen LogP contribution < -0.4 is 15.4 Å². The Labute approximate surface area is 399 Å². The molecule has 3 unspecified atom stereocenters. The largest absolute Gasteiger partial charge is 0.497 e. The van der Waals surface area contributed by atoms with Gasteiger partial charge in [0.2, 0.25) is 0 Å². The van der Waals surface area contributed by atoms with E-state index in [-0.39, 0.29) is 18.2 Å². The zero-order valence-electron chi connectivity index (χ0n) is 41.9. The molecule has 366 valence electrons. The lowest BCUT2D eigenvalue weighted by Gasteiger charge is -2.55. The van der Waals surface area contributed by atoms with Crippen LogP contribution in [0.4, 0.5) is 10.5 Å². The second-order valence-electron chi connectivity index (χ2n) is 20.0. The third kappa shape index (κ3) is 21.2. The van der Waals surface area contributed by atoms with E-state index in [2.05, 4.69) is 72.0 Å². The van der Waals surface area contributed by atoms with Crippen molar-refractivity contribution < 1.29 is 14.3 Å². The summed E-state index contributed by atoms with van der Waals surface area (Å²) in [6.07, 6.45) is 50.0. The fourth-order valence-electron chi connectivity index (χ4n) is 10.8. The topological polar surface area (TPSA) is 62.8 Å². The summed E-state index contributed by atoms with van der Waals surface area (Å²) in [5, 5.41) is 7.18. The van der Waals surface area contributed by atoms with Gasteiger partial charge in [-0.1, -0.05) is 219 Å². The molecule has 4 aliphatic rings. The number of hydrogen-bond acceptors (Lipinski definition) is 6. The Morgan fingerprint density at radius 2 is 1.23 bits per heavy atom. The van der Waals surface area contributed by atoms with Gasteiger partial charge in [0.05, 0.1) is 18.5 Å². The number of ether oxygens (including phenoxy) is 2. The number of anilines is 1. The number of rotatable bonds is 40. The molecule has 4 aliphatic heterocycles. The summed E-state index contributed by atoms with van der Waals surface area (Å²) in [6.45, 7) is 11.2. The molecule has 7 heteroatoms. The molecule has 64 heavy (non-hydrogen) atoms. The molecule has 2 bridgehead atoms. The predicted octanol–water partition coefficient (Wildman–Crippen LogP) is 17.1. The Morgan fingerprint density at radius 1 is 0.734 bits per heavy atom. The van der Waals surface area contributed by atoms with Crippen molar-refractivity contribution in [1.29, 1.82) is 0 Å². The molecule has 6 nitrogen and oxygen atoms in total. The molecule has 1 amide bonds. The minimum absolute atomic E-state index is 0.128. The maximum Gasteiger partial charge on any atom is 0.407 e. The van der Waals surface area contributed by atoms with E-state index in [0.29, 0.717) is 23.8 Å². The summed E-state index contributed by atoms with van der Waals surface area (Å²) >= 11 is 2.16. The number of nitrogens with one attached hydrogen (secondary N) is 2. The summed E-state index contributed by atoms with van der Waals surface area (Å²) in [5.41, 5.74) is 3.27. The van der Waals surface area contributed by atoms with Crippen LogP contribution in [0.2, 0.25) is 0 Å². The zero-order valence-corrected chi connectivity index (χ0v) is 42.7. The molecule has 3 fully saturated rings. The minimum Gasteiger partial charge on any atom is -0.497 e. The summed E-state index contributed by atoms with van der Waals surface area (Å²) in [6, 6.07) is 6.36. The molecule has 1 aromatic rings. The van der Waals surface area contributed by atoms with Gasteiger partial charge in [-0.25, -0.2) is 4.79 Å². The van der Waals surface area contributed by atoms with E-state index >= 15 is 0 Å². The van der Waals surface area contributed by atoms with Crippen LogP contribution in [0.5, 0.6) is 5.75 Å². The summed E-state index contributed by atoms with van der Waals surface area (Å²) in [4.78, 5) is 16.5. The van der Waals surface area contributed by atoms with Crippen molar-refractivity contribution in [2.45, 2.75) is 250 Å². The lowest BCUT2D eigenvalue weighted by molar-refractivity contribution is -0.0407. The molecule has 2 N–H and O–H groups in total. The van der Waals surface area contributed by atoms with Crippen molar-refractivity contribution in [1.82, 2.24) is 10.2 Å². The van der Waals surface area contributed by atoms with E-state index in [4.69, 9.17) is 9.47 Å². The van der Waals surface area contributed by atoms with Crippen LogP contribution in [-0.2, 0) is 4.74 Å². The van der Waals surface area contributed by atoms with Crippen molar-refractivity contribution in [3.05, 3.63) is 42.5 Å². The fourth-order valence-corrected chi connectivity index (χ4v) is 12.3. The molecule has 5 rings (SSSR count). The van der Waals surface area contributed by atoms with Crippen molar-refractivity contribution >= 4 is 29.1 Å². The van der Waals surface area contributed by atoms with Crippen LogP contribution in [0, 0.1) is 11.8 Å². The first-order chi connectivity index (χ1) is 31.6. The molecular weight excluding hydrogens is 807 g/mol. The predicted molar refractivity (Wildman–Crippen MR) is 280 cm³/mol. The quantitative estimate of drug-likeness (QED) is 0.0505. The number of unbranched alkanes of at least 4 members (excludes halogenated alkanes) is 30. The van der Waals surface area contributed by atoms with Gasteiger partial charge in [0.15, 0.2) is 0 Å². The third-order valence-electron chi connectivity index (χ3n) is 14.8. The van der Waals surface area contributed by atoms with Crippen LogP contribution >= 0.6 is 11.8 Å². The second kappa shape index (κ2) is 35.1. The van der Waals surface area contributed by atoms with Crippen molar-refractivity contribution in [2.75, 3.05) is 37.8 Å². The smallest absolute Gasteiger partial charge is 0.407 e. The van der Waals surface area contributed by atoms with Crippen molar-refractivity contribution in [3.63, 3.8) is 0 Å². The zero-order chi connectivity index (χ0) is 45.3. The van der Waals surface area contributed by atoms with E-state index in [9.17, 15) is 4.79 Å². The molecule has 0 spiro atoms. The first-order valence-corrected chi connectivity index (χ1v) is 28.7. The van der Waals surface area contributed by atoms with E-state index in [1.165, 1.54) is 205 Å². The number of thioether (sulfide) groups is 1. The standard InChI is InChI=1S/C57H99N3O3S/c1-5-8-10-12-14-16-18-20-22-24-26-28-30-32-34-36-41-59-57(61)63-56(51-40-42-58-53-39-38-50(62-4)46-52(51)53)54-44-49-45-55(60(54)47-48(49)7-3)64-43-37-35-33-31-29-27-25-23-21-19-17-15-13-11-9-6-2/h7,38-40,46,48-49,54-56,58H,3,5-6,8-37,41-45,47H2,1-2,4H3,(H,59,61)/t48-,49?,54-,55?,56+/m0/s1. The molecule has 1 aromatic carbocycles. The average molecular weight is 907 g/mol. The highest BCUT2D eigenvalue weighted by Crippen LogP contribution is 2.48. The van der Waals surface area contributed by atoms with E-state index in [0.717, 1.165) is 54.9 Å². The summed E-state index contributed by atoms with van der Waals surface area (Å²) < 4.78 is 12.3. The number of benzene rings is 1. The first kappa shape index (κ1) is 54.5. The molecule has 0 saturated carbocycles. The van der Waals surface area contributed by atoms with Gasteiger partial charge in [-0.15, -0.1) is 18.3 Å². The van der Waals surface area contributed by atoms with E-state index in [1.807, 2.05) is 6.07 Å². The molecule has 4 heterocycles. The van der Waals surface area contributed by atoms with Gasteiger partial charge in [-0.05, 0) is 61.5 Å². The number of carbonyl (C=O) groups is 1. The van der Waals surface area contributed by atoms with Crippen LogP contribution in [0.1, 0.15) is 238 Å². The molecule has 6 atom stereocenters. The molecule has 0 radical (unpaired) electrons. The first-order valence-electron chi connectivity index (χ1n) is 27.7. The normalized spacial score (nSPS) is 20.6. The second-order valence-corrected chi connectivity index (χ2v) is 21.3. The Kier molecular flexibility index (Phi) is 29.9. The van der Waals surface area contributed by atoms with Crippen LogP contribution in [0.15, 0.2) is 36.9 Å². The average Bonchev–Trinajstić information content (AvgIpc) is 3.32. The number of nitrogens with zero attached hydrogens (tertiary/aromatic N) is 1. The lowest BCUT2D eigenvalue weighted by Crippen LogP contribution is -2.61. The van der Waals surface area contributed by atoms with E-state index in [1.54, 1.807) is 7.11 Å². The Balaban J connectivity index is 1.18. The van der Waals surface area contributed by atoms with Crippen LogP contribution in [0.3, 0.4) is 0 Å². The molecular formula is C57H99N3O3S. The molecule has 0 aliphatic carbocycles. The van der Waals surface area contributed by atoms with Gasteiger partial charge >= 0.3 is 6.09 Å². The van der Waals surface area contributed by atoms with E-state index < -0.39 is 0 Å².